The predicted molar refractivity (Wildman–Crippen MR) is 74.9 cm³/mol. The van der Waals surface area contributed by atoms with Gasteiger partial charge >= 0.3 is 0 Å². The van der Waals surface area contributed by atoms with Gasteiger partial charge in [-0.3, -0.25) is 0 Å². The van der Waals surface area contributed by atoms with Gasteiger partial charge in [-0.25, -0.2) is 9.97 Å². The van der Waals surface area contributed by atoms with E-state index in [-0.39, 0.29) is 18.1 Å². The van der Waals surface area contributed by atoms with Crippen LogP contribution in [0.5, 0.6) is 0 Å². The second kappa shape index (κ2) is 5.35. The first-order valence-corrected chi connectivity index (χ1v) is 7.44. The first kappa shape index (κ1) is 14.1. The Bertz CT molecular complexity index is 512. The van der Waals surface area contributed by atoms with E-state index in [0.29, 0.717) is 22.5 Å². The minimum Gasteiger partial charge on any atom is -0.396 e. The maximum Gasteiger partial charge on any atom is 0.189 e. The van der Waals surface area contributed by atoms with Crippen molar-refractivity contribution in [3.8, 4) is 6.07 Å². The molecule has 0 aliphatic heterocycles. The van der Waals surface area contributed by atoms with Crippen LogP contribution in [-0.2, 0) is 0 Å². The number of rotatable bonds is 4. The summed E-state index contributed by atoms with van der Waals surface area (Å²) in [5, 5.41) is 22.4. The van der Waals surface area contributed by atoms with Gasteiger partial charge in [-0.15, -0.1) is 0 Å². The van der Waals surface area contributed by atoms with Gasteiger partial charge in [0.2, 0.25) is 0 Å². The summed E-state index contributed by atoms with van der Waals surface area (Å²) in [5.41, 5.74) is 0.465. The van der Waals surface area contributed by atoms with Gasteiger partial charge in [0.25, 0.3) is 0 Å². The number of aliphatic hydroxyl groups is 1. The number of anilines is 1. The minimum absolute atomic E-state index is 0.00590. The maximum absolute atomic E-state index is 9.28. The summed E-state index contributed by atoms with van der Waals surface area (Å²) >= 11 is 1.45. The third-order valence-electron chi connectivity index (χ3n) is 4.07. The first-order valence-electron chi connectivity index (χ1n) is 6.21. The monoisotopic (exact) mass is 278 g/mol. The lowest BCUT2D eigenvalue weighted by atomic mass is 9.59. The average Bonchev–Trinajstić information content (AvgIpc) is 2.42. The molecule has 0 amide bonds. The van der Waals surface area contributed by atoms with Crippen LogP contribution in [0.25, 0.3) is 0 Å². The van der Waals surface area contributed by atoms with E-state index in [1.807, 2.05) is 6.26 Å². The molecule has 0 unspecified atom stereocenters. The van der Waals surface area contributed by atoms with E-state index < -0.39 is 0 Å². The Morgan fingerprint density at radius 3 is 2.89 bits per heavy atom. The fourth-order valence-corrected chi connectivity index (χ4v) is 2.73. The van der Waals surface area contributed by atoms with E-state index in [0.717, 1.165) is 6.42 Å². The number of aliphatic hydroxyl groups excluding tert-OH is 1. The number of nitriles is 1. The lowest BCUT2D eigenvalue weighted by Crippen LogP contribution is -2.54. The highest BCUT2D eigenvalue weighted by Crippen LogP contribution is 2.47. The summed E-state index contributed by atoms with van der Waals surface area (Å²) in [6.07, 6.45) is 4.35. The van der Waals surface area contributed by atoms with Crippen LogP contribution in [0.15, 0.2) is 11.4 Å². The zero-order valence-corrected chi connectivity index (χ0v) is 12.2. The summed E-state index contributed by atoms with van der Waals surface area (Å²) < 4.78 is 0. The number of aromatic nitrogens is 2. The number of nitrogens with zero attached hydrogens (tertiary/aromatic N) is 3. The summed E-state index contributed by atoms with van der Waals surface area (Å²) in [6.45, 7) is 4.45. The van der Waals surface area contributed by atoms with Gasteiger partial charge in [-0.05, 0) is 24.0 Å². The van der Waals surface area contributed by atoms with Gasteiger partial charge in [-0.1, -0.05) is 25.6 Å². The highest BCUT2D eigenvalue weighted by atomic mass is 32.2. The average molecular weight is 278 g/mol. The molecule has 19 heavy (non-hydrogen) atoms. The second-order valence-corrected chi connectivity index (χ2v) is 6.14. The number of hydrogen-bond acceptors (Lipinski definition) is 6. The molecule has 0 spiro atoms. The van der Waals surface area contributed by atoms with Gasteiger partial charge in [0.15, 0.2) is 5.16 Å². The largest absolute Gasteiger partial charge is 0.396 e. The van der Waals surface area contributed by atoms with Gasteiger partial charge in [-0.2, -0.15) is 5.26 Å². The van der Waals surface area contributed by atoms with E-state index in [2.05, 4.69) is 35.2 Å². The summed E-state index contributed by atoms with van der Waals surface area (Å²) in [7, 11) is 0. The van der Waals surface area contributed by atoms with Crippen LogP contribution in [-0.4, -0.2) is 34.0 Å². The minimum atomic E-state index is 0.00590. The van der Waals surface area contributed by atoms with Crippen molar-refractivity contribution in [1.82, 2.24) is 9.97 Å². The zero-order valence-electron chi connectivity index (χ0n) is 11.3. The maximum atomic E-state index is 9.28. The smallest absolute Gasteiger partial charge is 0.189 e. The molecule has 102 valence electrons. The van der Waals surface area contributed by atoms with Gasteiger partial charge < -0.3 is 10.4 Å². The molecule has 1 fully saturated rings. The van der Waals surface area contributed by atoms with Crippen molar-refractivity contribution in [3.63, 3.8) is 0 Å². The molecule has 5 nitrogen and oxygen atoms in total. The molecule has 2 atom stereocenters. The highest BCUT2D eigenvalue weighted by Gasteiger charge is 2.47. The summed E-state index contributed by atoms with van der Waals surface area (Å²) in [4.78, 5) is 8.45. The van der Waals surface area contributed by atoms with Crippen LogP contribution in [0.4, 0.5) is 5.82 Å². The standard InChI is InChI=1S/C13H18N4OS/c1-13(2)9(7-18)4-10(13)16-11-8(5-14)6-15-12(17-11)19-3/h6,9-10,18H,4,7H2,1-3H3,(H,15,16,17)/t9-,10-/m1/s1. The van der Waals surface area contributed by atoms with Crippen molar-refractivity contribution in [2.24, 2.45) is 11.3 Å². The third-order valence-corrected chi connectivity index (χ3v) is 4.63. The lowest BCUT2D eigenvalue weighted by molar-refractivity contribution is 0.00446. The van der Waals surface area contributed by atoms with Crippen molar-refractivity contribution in [2.45, 2.75) is 31.5 Å². The lowest BCUT2D eigenvalue weighted by Gasteiger charge is -2.52. The molecule has 0 radical (unpaired) electrons. The number of nitrogens with one attached hydrogen (secondary N) is 1. The number of hydrogen-bond donors (Lipinski definition) is 2. The Balaban J connectivity index is 2.18. The van der Waals surface area contributed by atoms with Crippen LogP contribution < -0.4 is 5.32 Å². The van der Waals surface area contributed by atoms with Crippen LogP contribution in [0.1, 0.15) is 25.8 Å². The quantitative estimate of drug-likeness (QED) is 0.646. The molecular weight excluding hydrogens is 260 g/mol. The molecule has 1 aliphatic rings. The van der Waals surface area contributed by atoms with E-state index in [1.165, 1.54) is 11.8 Å². The Morgan fingerprint density at radius 2 is 2.37 bits per heavy atom. The normalized spacial score (nSPS) is 24.4. The van der Waals surface area contributed by atoms with Crippen LogP contribution in [0, 0.1) is 22.7 Å². The third kappa shape index (κ3) is 2.53. The second-order valence-electron chi connectivity index (χ2n) is 5.36. The van der Waals surface area contributed by atoms with E-state index >= 15 is 0 Å². The Labute approximate surface area is 117 Å². The van der Waals surface area contributed by atoms with Crippen molar-refractivity contribution < 1.29 is 5.11 Å². The molecule has 6 heteroatoms. The molecule has 0 saturated heterocycles. The molecule has 1 heterocycles. The topological polar surface area (TPSA) is 81.8 Å². The molecule has 1 aromatic rings. The van der Waals surface area contributed by atoms with Gasteiger partial charge in [0.1, 0.15) is 17.5 Å². The van der Waals surface area contributed by atoms with E-state index in [1.54, 1.807) is 6.20 Å². The fraction of sp³-hybridized carbons (Fsp3) is 0.615. The fourth-order valence-electron chi connectivity index (χ4n) is 2.39. The van der Waals surface area contributed by atoms with E-state index in [4.69, 9.17) is 5.26 Å². The SMILES string of the molecule is CSc1ncc(C#N)c(N[C@@H]2C[C@H](CO)C2(C)C)n1. The molecule has 2 N–H and O–H groups in total. The molecule has 1 saturated carbocycles. The van der Waals surface area contributed by atoms with Crippen molar-refractivity contribution >= 4 is 17.6 Å². The highest BCUT2D eigenvalue weighted by molar-refractivity contribution is 7.98. The van der Waals surface area contributed by atoms with Crippen molar-refractivity contribution in [2.75, 3.05) is 18.2 Å². The van der Waals surface area contributed by atoms with Crippen LogP contribution in [0.3, 0.4) is 0 Å². The molecular formula is C13H18N4OS. The molecule has 2 rings (SSSR count). The zero-order chi connectivity index (χ0) is 14.0. The summed E-state index contributed by atoms with van der Waals surface area (Å²) in [6, 6.07) is 2.33. The first-order chi connectivity index (χ1) is 9.02. The van der Waals surface area contributed by atoms with Crippen LogP contribution in [0.2, 0.25) is 0 Å². The molecule has 1 aromatic heterocycles. The molecule has 0 aromatic carbocycles. The van der Waals surface area contributed by atoms with Crippen LogP contribution >= 0.6 is 11.8 Å². The Morgan fingerprint density at radius 1 is 1.63 bits per heavy atom. The van der Waals surface area contributed by atoms with Crippen molar-refractivity contribution in [1.29, 1.82) is 5.26 Å². The Kier molecular flexibility index (Phi) is 3.97. The Hall–Kier alpha value is -1.32. The summed E-state index contributed by atoms with van der Waals surface area (Å²) in [5.74, 6) is 0.897. The van der Waals surface area contributed by atoms with E-state index in [9.17, 15) is 5.11 Å². The number of thioether (sulfide) groups is 1. The van der Waals surface area contributed by atoms with Gasteiger partial charge in [0, 0.05) is 12.6 Å². The predicted octanol–water partition coefficient (Wildman–Crippen LogP) is 1.89. The van der Waals surface area contributed by atoms with Crippen molar-refractivity contribution in [3.05, 3.63) is 11.8 Å². The molecule has 0 bridgehead atoms. The van der Waals surface area contributed by atoms with Gasteiger partial charge in [0.05, 0.1) is 6.20 Å². The molecule has 1 aliphatic carbocycles.